The van der Waals surface area contributed by atoms with E-state index in [1.165, 1.54) is 12.1 Å². The average Bonchev–Trinajstić information content (AvgIpc) is 2.59. The van der Waals surface area contributed by atoms with Gasteiger partial charge in [-0.3, -0.25) is 9.59 Å². The van der Waals surface area contributed by atoms with E-state index < -0.39 is 23.1 Å². The Bertz CT molecular complexity index is 911. The molecule has 0 aromatic heterocycles. The summed E-state index contributed by atoms with van der Waals surface area (Å²) < 4.78 is 34.4. The second kappa shape index (κ2) is 7.15. The number of ether oxygens (including phenoxy) is 1. The Morgan fingerprint density at radius 2 is 2.00 bits per heavy atom. The van der Waals surface area contributed by atoms with Crippen molar-refractivity contribution < 1.29 is 23.1 Å². The number of amides is 2. The van der Waals surface area contributed by atoms with Crippen molar-refractivity contribution in [2.75, 3.05) is 10.6 Å². The molecule has 1 heterocycles. The maximum absolute atomic E-state index is 14.5. The van der Waals surface area contributed by atoms with Crippen LogP contribution in [0.4, 0.5) is 20.2 Å². The van der Waals surface area contributed by atoms with Crippen molar-refractivity contribution in [1.29, 1.82) is 0 Å². The summed E-state index contributed by atoms with van der Waals surface area (Å²) in [4.78, 5) is 23.6. The SMILES string of the molecule is CC1(C)CCc2c(NC=O)c(F)cc(C(=O)Nc3c(F)cccc3Cl)c2O1. The molecule has 8 heteroatoms. The number of fused-ring (bicyclic) bond motifs is 1. The lowest BCUT2D eigenvalue weighted by Crippen LogP contribution is -2.34. The highest BCUT2D eigenvalue weighted by atomic mass is 35.5. The van der Waals surface area contributed by atoms with Gasteiger partial charge in [-0.1, -0.05) is 17.7 Å². The molecule has 2 N–H and O–H groups in total. The Morgan fingerprint density at radius 3 is 2.67 bits per heavy atom. The lowest BCUT2D eigenvalue weighted by molar-refractivity contribution is -0.105. The molecule has 0 atom stereocenters. The van der Waals surface area contributed by atoms with Gasteiger partial charge in [0.05, 0.1) is 22.0 Å². The Kier molecular flexibility index (Phi) is 5.06. The first-order valence-electron chi connectivity index (χ1n) is 8.23. The number of anilines is 2. The highest BCUT2D eigenvalue weighted by molar-refractivity contribution is 6.34. The molecule has 0 unspecified atom stereocenters. The van der Waals surface area contributed by atoms with Gasteiger partial charge in [0.15, 0.2) is 0 Å². The minimum Gasteiger partial charge on any atom is -0.487 e. The Morgan fingerprint density at radius 1 is 1.26 bits per heavy atom. The average molecular weight is 395 g/mol. The molecule has 142 valence electrons. The predicted octanol–water partition coefficient (Wildman–Crippen LogP) is 4.54. The van der Waals surface area contributed by atoms with Crippen molar-refractivity contribution in [2.45, 2.75) is 32.3 Å². The van der Waals surface area contributed by atoms with Gasteiger partial charge >= 0.3 is 0 Å². The minimum atomic E-state index is -0.783. The first-order chi connectivity index (χ1) is 12.7. The summed E-state index contributed by atoms with van der Waals surface area (Å²) >= 11 is 5.94. The first kappa shape index (κ1) is 19.1. The van der Waals surface area contributed by atoms with Crippen LogP contribution in [0.2, 0.25) is 5.02 Å². The van der Waals surface area contributed by atoms with Crippen molar-refractivity contribution in [1.82, 2.24) is 0 Å². The van der Waals surface area contributed by atoms with E-state index in [1.54, 1.807) is 0 Å². The van der Waals surface area contributed by atoms with Gasteiger partial charge in [0.25, 0.3) is 5.91 Å². The van der Waals surface area contributed by atoms with Crippen molar-refractivity contribution in [3.63, 3.8) is 0 Å². The van der Waals surface area contributed by atoms with Crippen LogP contribution >= 0.6 is 11.6 Å². The van der Waals surface area contributed by atoms with Crippen LogP contribution in [0.25, 0.3) is 0 Å². The molecule has 0 saturated heterocycles. The quantitative estimate of drug-likeness (QED) is 0.748. The van der Waals surface area contributed by atoms with Crippen molar-refractivity contribution in [3.05, 3.63) is 52.0 Å². The zero-order valence-corrected chi connectivity index (χ0v) is 15.4. The molecule has 0 bridgehead atoms. The molecule has 0 aliphatic carbocycles. The molecule has 5 nitrogen and oxygen atoms in total. The third-order valence-corrected chi connectivity index (χ3v) is 4.65. The third-order valence-electron chi connectivity index (χ3n) is 4.33. The van der Waals surface area contributed by atoms with Gasteiger partial charge in [-0.15, -0.1) is 0 Å². The van der Waals surface area contributed by atoms with E-state index in [1.807, 2.05) is 13.8 Å². The first-order valence-corrected chi connectivity index (χ1v) is 8.61. The predicted molar refractivity (Wildman–Crippen MR) is 98.5 cm³/mol. The van der Waals surface area contributed by atoms with E-state index >= 15 is 0 Å². The van der Waals surface area contributed by atoms with Crippen molar-refractivity contribution in [2.24, 2.45) is 0 Å². The van der Waals surface area contributed by atoms with Gasteiger partial charge in [-0.2, -0.15) is 0 Å². The van der Waals surface area contributed by atoms with E-state index in [0.29, 0.717) is 24.8 Å². The number of rotatable bonds is 4. The van der Waals surface area contributed by atoms with Crippen molar-refractivity contribution >= 4 is 35.3 Å². The molecule has 27 heavy (non-hydrogen) atoms. The molecule has 0 spiro atoms. The lowest BCUT2D eigenvalue weighted by atomic mass is 9.91. The molecular formula is C19H17ClF2N2O3. The fraction of sp³-hybridized carbons (Fsp3) is 0.263. The fourth-order valence-corrected chi connectivity index (χ4v) is 3.19. The number of hydrogen-bond donors (Lipinski definition) is 2. The van der Waals surface area contributed by atoms with E-state index in [-0.39, 0.29) is 27.7 Å². The topological polar surface area (TPSA) is 67.4 Å². The number of carbonyl (C=O) groups is 2. The van der Waals surface area contributed by atoms with Gasteiger partial charge in [-0.05, 0) is 44.9 Å². The van der Waals surface area contributed by atoms with Crippen LogP contribution in [0.3, 0.4) is 0 Å². The number of halogens is 3. The van der Waals surface area contributed by atoms with Crippen LogP contribution in [0.1, 0.15) is 36.2 Å². The van der Waals surface area contributed by atoms with Gasteiger partial charge in [0.2, 0.25) is 6.41 Å². The molecule has 1 aliphatic rings. The van der Waals surface area contributed by atoms with Gasteiger partial charge < -0.3 is 15.4 Å². The second-order valence-electron chi connectivity index (χ2n) is 6.76. The van der Waals surface area contributed by atoms with Gasteiger partial charge in [0.1, 0.15) is 23.0 Å². The molecule has 0 radical (unpaired) electrons. The zero-order chi connectivity index (χ0) is 19.8. The molecule has 2 amide bonds. The smallest absolute Gasteiger partial charge is 0.259 e. The summed E-state index contributed by atoms with van der Waals surface area (Å²) in [5.74, 6) is -2.12. The minimum absolute atomic E-state index is 0.0122. The van der Waals surface area contributed by atoms with E-state index in [4.69, 9.17) is 16.3 Å². The standard InChI is InChI=1S/C19H17ClF2N2O3/c1-19(2)7-6-10-15(23-9-25)14(22)8-11(17(10)27-19)18(26)24-16-12(20)4-3-5-13(16)21/h3-5,8-9H,6-7H2,1-2H3,(H,23,25)(H,24,26). The largest absolute Gasteiger partial charge is 0.487 e. The Hall–Kier alpha value is -2.67. The molecule has 1 aliphatic heterocycles. The van der Waals surface area contributed by atoms with Gasteiger partial charge in [-0.25, -0.2) is 8.78 Å². The summed E-state index contributed by atoms with van der Waals surface area (Å²) in [6.45, 7) is 3.67. The highest BCUT2D eigenvalue weighted by Gasteiger charge is 2.33. The van der Waals surface area contributed by atoms with Crippen molar-refractivity contribution in [3.8, 4) is 5.75 Å². The Labute approximate surface area is 159 Å². The van der Waals surface area contributed by atoms with Crippen LogP contribution < -0.4 is 15.4 Å². The van der Waals surface area contributed by atoms with Crippen LogP contribution in [0.5, 0.6) is 5.75 Å². The lowest BCUT2D eigenvalue weighted by Gasteiger charge is -2.34. The number of para-hydroxylation sites is 1. The van der Waals surface area contributed by atoms with Gasteiger partial charge in [0, 0.05) is 5.56 Å². The summed E-state index contributed by atoms with van der Waals surface area (Å²) in [6, 6.07) is 4.93. The normalized spacial score (nSPS) is 14.7. The third kappa shape index (κ3) is 3.73. The van der Waals surface area contributed by atoms with Crippen LogP contribution in [-0.4, -0.2) is 17.9 Å². The molecule has 3 rings (SSSR count). The van der Waals surface area contributed by atoms with Crippen LogP contribution in [0, 0.1) is 11.6 Å². The number of hydrogen-bond acceptors (Lipinski definition) is 3. The van der Waals surface area contributed by atoms with Crippen LogP contribution in [-0.2, 0) is 11.2 Å². The van der Waals surface area contributed by atoms with E-state index in [2.05, 4.69) is 10.6 Å². The summed E-state index contributed by atoms with van der Waals surface area (Å²) in [7, 11) is 0. The molecule has 0 fully saturated rings. The summed E-state index contributed by atoms with van der Waals surface area (Å²) in [6.07, 6.45) is 1.32. The second-order valence-corrected chi connectivity index (χ2v) is 7.17. The fourth-order valence-electron chi connectivity index (χ4n) is 2.97. The van der Waals surface area contributed by atoms with E-state index in [0.717, 1.165) is 12.1 Å². The molecule has 2 aromatic rings. The number of benzene rings is 2. The number of nitrogens with one attached hydrogen (secondary N) is 2. The molecular weight excluding hydrogens is 378 g/mol. The van der Waals surface area contributed by atoms with Crippen LogP contribution in [0.15, 0.2) is 24.3 Å². The monoisotopic (exact) mass is 394 g/mol. The highest BCUT2D eigenvalue weighted by Crippen LogP contribution is 2.41. The van der Waals surface area contributed by atoms with E-state index in [9.17, 15) is 18.4 Å². The molecule has 2 aromatic carbocycles. The molecule has 0 saturated carbocycles. The summed E-state index contributed by atoms with van der Waals surface area (Å²) in [5.41, 5.74) is -0.551. The zero-order valence-electron chi connectivity index (χ0n) is 14.7. The summed E-state index contributed by atoms with van der Waals surface area (Å²) in [5, 5.41) is 4.70. The maximum atomic E-state index is 14.5. The maximum Gasteiger partial charge on any atom is 0.259 e. The Balaban J connectivity index is 2.08. The number of carbonyl (C=O) groups excluding carboxylic acids is 2.